The molecule has 3 rings (SSSR count). The minimum atomic E-state index is -0.631. The summed E-state index contributed by atoms with van der Waals surface area (Å²) < 4.78 is 10.4. The van der Waals surface area contributed by atoms with E-state index >= 15 is 0 Å². The van der Waals surface area contributed by atoms with E-state index in [1.165, 1.54) is 7.11 Å². The number of aliphatic hydroxyl groups is 2. The molecule has 0 radical (unpaired) electrons. The molecular weight excluding hydrogens is 288 g/mol. The van der Waals surface area contributed by atoms with E-state index in [0.29, 0.717) is 42.2 Å². The third-order valence-corrected chi connectivity index (χ3v) is 4.04. The second-order valence-corrected chi connectivity index (χ2v) is 5.39. The van der Waals surface area contributed by atoms with Gasteiger partial charge in [-0.05, 0) is 18.6 Å². The summed E-state index contributed by atoms with van der Waals surface area (Å²) in [5.41, 5.74) is 1.29. The Kier molecular flexibility index (Phi) is 4.00. The summed E-state index contributed by atoms with van der Waals surface area (Å²) in [4.78, 5) is 18.0. The Morgan fingerprint density at radius 3 is 3.05 bits per heavy atom. The van der Waals surface area contributed by atoms with Crippen molar-refractivity contribution in [2.24, 2.45) is 5.92 Å². The molecule has 1 aliphatic rings. The average molecular weight is 306 g/mol. The number of hydrogen-bond acceptors (Lipinski definition) is 7. The molecule has 1 aromatic carbocycles. The number of esters is 1. The number of hydrogen-bond donors (Lipinski definition) is 2. The first-order valence-corrected chi connectivity index (χ1v) is 7.15. The largest absolute Gasteiger partial charge is 0.465 e. The number of oxazole rings is 1. The fourth-order valence-electron chi connectivity index (χ4n) is 2.71. The maximum Gasteiger partial charge on any atom is 0.340 e. The van der Waals surface area contributed by atoms with E-state index in [1.807, 2.05) is 4.90 Å². The van der Waals surface area contributed by atoms with Crippen molar-refractivity contribution in [3.63, 3.8) is 0 Å². The van der Waals surface area contributed by atoms with Gasteiger partial charge in [0.1, 0.15) is 5.52 Å². The molecule has 0 spiro atoms. The summed E-state index contributed by atoms with van der Waals surface area (Å²) in [5, 5.41) is 19.2. The van der Waals surface area contributed by atoms with Gasteiger partial charge in [-0.15, -0.1) is 0 Å². The molecule has 1 aliphatic heterocycles. The zero-order valence-electron chi connectivity index (χ0n) is 12.2. The minimum absolute atomic E-state index is 0.0327. The molecule has 0 bridgehead atoms. The van der Waals surface area contributed by atoms with E-state index in [2.05, 4.69) is 4.98 Å². The van der Waals surface area contributed by atoms with Crippen molar-refractivity contribution in [1.82, 2.24) is 4.98 Å². The Bertz CT molecular complexity index is 684. The van der Waals surface area contributed by atoms with E-state index < -0.39 is 12.1 Å². The second kappa shape index (κ2) is 5.94. The van der Waals surface area contributed by atoms with Crippen molar-refractivity contribution in [3.05, 3.63) is 23.8 Å². The van der Waals surface area contributed by atoms with E-state index in [4.69, 9.17) is 9.15 Å². The lowest BCUT2D eigenvalue weighted by Crippen LogP contribution is -2.45. The summed E-state index contributed by atoms with van der Waals surface area (Å²) in [6, 6.07) is 5.43. The number of anilines is 1. The Labute approximate surface area is 127 Å². The molecule has 2 unspecified atom stereocenters. The lowest BCUT2D eigenvalue weighted by atomic mass is 9.95. The van der Waals surface area contributed by atoms with E-state index in [1.54, 1.807) is 18.2 Å². The van der Waals surface area contributed by atoms with Crippen LogP contribution in [-0.2, 0) is 4.74 Å². The highest BCUT2D eigenvalue weighted by Gasteiger charge is 2.29. The van der Waals surface area contributed by atoms with Crippen LogP contribution in [0.5, 0.6) is 0 Å². The standard InChI is InChI=1S/C15H18N2O5/c1-21-14(20)10-3-2-4-12-13(10)16-15(22-12)17-6-5-9(8-18)11(19)7-17/h2-4,9,11,18-19H,5-8H2,1H3. The fraction of sp³-hybridized carbons (Fsp3) is 0.467. The molecule has 2 heterocycles. The SMILES string of the molecule is COC(=O)c1cccc2oc(N3CCC(CO)C(O)C3)nc12. The van der Waals surface area contributed by atoms with Crippen molar-refractivity contribution < 1.29 is 24.2 Å². The molecular formula is C15H18N2O5. The number of methoxy groups -OCH3 is 1. The molecule has 7 nitrogen and oxygen atoms in total. The predicted molar refractivity (Wildman–Crippen MR) is 78.8 cm³/mol. The Morgan fingerprint density at radius 1 is 1.55 bits per heavy atom. The molecule has 0 aliphatic carbocycles. The van der Waals surface area contributed by atoms with Gasteiger partial charge in [-0.1, -0.05) is 6.07 Å². The van der Waals surface area contributed by atoms with Gasteiger partial charge in [0, 0.05) is 25.6 Å². The Morgan fingerprint density at radius 2 is 2.36 bits per heavy atom. The molecule has 2 aromatic rings. The number of aliphatic hydroxyl groups excluding tert-OH is 2. The summed E-state index contributed by atoms with van der Waals surface area (Å²) >= 11 is 0. The summed E-state index contributed by atoms with van der Waals surface area (Å²) in [6.07, 6.45) is 0.0223. The third kappa shape index (κ3) is 2.53. The molecule has 7 heteroatoms. The van der Waals surface area contributed by atoms with E-state index in [0.717, 1.165) is 0 Å². The first kappa shape index (κ1) is 14.8. The monoisotopic (exact) mass is 306 g/mol. The van der Waals surface area contributed by atoms with Crippen LogP contribution in [0.1, 0.15) is 16.8 Å². The predicted octanol–water partition coefficient (Wildman–Crippen LogP) is 0.794. The fourth-order valence-corrected chi connectivity index (χ4v) is 2.71. The minimum Gasteiger partial charge on any atom is -0.465 e. The molecule has 22 heavy (non-hydrogen) atoms. The molecule has 0 saturated carbocycles. The van der Waals surface area contributed by atoms with Crippen molar-refractivity contribution in [2.45, 2.75) is 12.5 Å². The quantitative estimate of drug-likeness (QED) is 0.809. The molecule has 2 atom stereocenters. The molecule has 118 valence electrons. The third-order valence-electron chi connectivity index (χ3n) is 4.04. The molecule has 1 aromatic heterocycles. The number of β-amino-alcohol motifs (C(OH)–C–C–N with tert-alkyl or cyclic N) is 1. The average Bonchev–Trinajstić information content (AvgIpc) is 2.98. The van der Waals surface area contributed by atoms with Gasteiger partial charge in [0.15, 0.2) is 5.58 Å². The van der Waals surface area contributed by atoms with Crippen LogP contribution in [0.25, 0.3) is 11.1 Å². The Balaban J connectivity index is 1.91. The van der Waals surface area contributed by atoms with Crippen LogP contribution in [0.15, 0.2) is 22.6 Å². The second-order valence-electron chi connectivity index (χ2n) is 5.39. The highest BCUT2D eigenvalue weighted by atomic mass is 16.5. The van der Waals surface area contributed by atoms with Gasteiger partial charge >= 0.3 is 5.97 Å². The smallest absolute Gasteiger partial charge is 0.340 e. The first-order chi connectivity index (χ1) is 10.6. The molecule has 0 amide bonds. The van der Waals surface area contributed by atoms with Gasteiger partial charge in [0.05, 0.1) is 18.8 Å². The highest BCUT2D eigenvalue weighted by Crippen LogP contribution is 2.28. The number of fused-ring (bicyclic) bond motifs is 1. The summed E-state index contributed by atoms with van der Waals surface area (Å²) in [5.74, 6) is -0.587. The zero-order valence-corrected chi connectivity index (χ0v) is 12.2. The lowest BCUT2D eigenvalue weighted by Gasteiger charge is -2.33. The molecule has 1 saturated heterocycles. The number of benzene rings is 1. The number of carbonyl (C=O) groups is 1. The van der Waals surface area contributed by atoms with Crippen LogP contribution in [0.3, 0.4) is 0 Å². The van der Waals surface area contributed by atoms with Gasteiger partial charge in [-0.3, -0.25) is 0 Å². The number of rotatable bonds is 3. The molecule has 2 N–H and O–H groups in total. The number of piperidine rings is 1. The maximum absolute atomic E-state index is 11.8. The van der Waals surface area contributed by atoms with Gasteiger partial charge in [-0.25, -0.2) is 4.79 Å². The van der Waals surface area contributed by atoms with Crippen molar-refractivity contribution >= 4 is 23.1 Å². The number of para-hydroxylation sites is 1. The highest BCUT2D eigenvalue weighted by molar-refractivity contribution is 6.01. The van der Waals surface area contributed by atoms with Gasteiger partial charge in [0.25, 0.3) is 6.01 Å². The van der Waals surface area contributed by atoms with Gasteiger partial charge in [0.2, 0.25) is 0 Å². The van der Waals surface area contributed by atoms with Gasteiger partial charge < -0.3 is 24.3 Å². The number of ether oxygens (including phenoxy) is 1. The topological polar surface area (TPSA) is 96.0 Å². The summed E-state index contributed by atoms with van der Waals surface area (Å²) in [6.45, 7) is 0.934. The van der Waals surface area contributed by atoms with Gasteiger partial charge in [-0.2, -0.15) is 4.98 Å². The molecule has 1 fully saturated rings. The number of carbonyl (C=O) groups excluding carboxylic acids is 1. The lowest BCUT2D eigenvalue weighted by molar-refractivity contribution is 0.0535. The number of nitrogens with zero attached hydrogens (tertiary/aromatic N) is 2. The van der Waals surface area contributed by atoms with Crippen LogP contribution in [0.4, 0.5) is 6.01 Å². The Hall–Kier alpha value is -2.12. The van der Waals surface area contributed by atoms with Crippen LogP contribution in [0.2, 0.25) is 0 Å². The normalized spacial score (nSPS) is 22.0. The van der Waals surface area contributed by atoms with Crippen molar-refractivity contribution in [1.29, 1.82) is 0 Å². The number of aromatic nitrogens is 1. The van der Waals surface area contributed by atoms with Crippen LogP contribution >= 0.6 is 0 Å². The zero-order chi connectivity index (χ0) is 15.7. The summed E-state index contributed by atoms with van der Waals surface area (Å²) in [7, 11) is 1.32. The van der Waals surface area contributed by atoms with Crippen molar-refractivity contribution in [3.8, 4) is 0 Å². The van der Waals surface area contributed by atoms with E-state index in [-0.39, 0.29) is 12.5 Å². The van der Waals surface area contributed by atoms with Crippen molar-refractivity contribution in [2.75, 3.05) is 31.7 Å². The van der Waals surface area contributed by atoms with Crippen LogP contribution in [-0.4, -0.2) is 54.1 Å². The maximum atomic E-state index is 11.8. The first-order valence-electron chi connectivity index (χ1n) is 7.15. The van der Waals surface area contributed by atoms with Crippen LogP contribution < -0.4 is 4.90 Å². The van der Waals surface area contributed by atoms with E-state index in [9.17, 15) is 15.0 Å². The van der Waals surface area contributed by atoms with Crippen LogP contribution in [0, 0.1) is 5.92 Å².